The molecule has 14 nitrogen and oxygen atoms in total. The Labute approximate surface area is 335 Å². The van der Waals surface area contributed by atoms with E-state index in [-0.39, 0.29) is 25.3 Å². The second kappa shape index (κ2) is 16.0. The van der Waals surface area contributed by atoms with Crippen molar-refractivity contribution < 1.29 is 26.1 Å². The highest BCUT2D eigenvalue weighted by molar-refractivity contribution is 14.1. The number of nitrogens with zero attached hydrogens (tertiary/aromatic N) is 9. The van der Waals surface area contributed by atoms with E-state index < -0.39 is 40.5 Å². The maximum atomic E-state index is 15.0. The molecular weight excluding hydrogens is 839 g/mol. The highest BCUT2D eigenvalue weighted by Crippen LogP contribution is 2.42. The Kier molecular flexibility index (Phi) is 11.1. The minimum absolute atomic E-state index is 0.00296. The maximum absolute atomic E-state index is 15.0. The van der Waals surface area contributed by atoms with E-state index in [0.29, 0.717) is 11.4 Å². The molecule has 2 aliphatic rings. The van der Waals surface area contributed by atoms with Crippen LogP contribution in [0.2, 0.25) is 0 Å². The van der Waals surface area contributed by atoms with E-state index in [4.69, 9.17) is 23.8 Å². The summed E-state index contributed by atoms with van der Waals surface area (Å²) in [6.07, 6.45) is 7.15. The lowest BCUT2D eigenvalue weighted by Crippen LogP contribution is -2.46. The zero-order valence-electron chi connectivity index (χ0n) is 30.5. The number of hydrogen-bond acceptors (Lipinski definition) is 10. The molecule has 4 atom stereocenters. The van der Waals surface area contributed by atoms with Crippen molar-refractivity contribution in [2.24, 2.45) is 0 Å². The lowest BCUT2D eigenvalue weighted by atomic mass is 10.0. The largest absolute Gasteiger partial charge is 0.490 e. The molecule has 2 saturated heterocycles. The number of ether oxygens (including phenoxy) is 3. The summed E-state index contributed by atoms with van der Waals surface area (Å²) in [4.78, 5) is 25.7. The van der Waals surface area contributed by atoms with Crippen LogP contribution in [0.15, 0.2) is 116 Å². The third-order valence-corrected chi connectivity index (χ3v) is 10.6. The zero-order valence-corrected chi connectivity index (χ0v) is 32.6. The molecule has 2 aliphatic heterocycles. The summed E-state index contributed by atoms with van der Waals surface area (Å²) in [6, 6.07) is 18.0. The average molecular weight is 879 g/mol. The minimum atomic E-state index is -1.57. The lowest BCUT2D eigenvalue weighted by molar-refractivity contribution is -0.209. The molecule has 2 fully saturated rings. The maximum Gasteiger partial charge on any atom is 0.438 e. The van der Waals surface area contributed by atoms with Gasteiger partial charge < -0.3 is 24.0 Å². The van der Waals surface area contributed by atoms with Crippen LogP contribution in [0.5, 0.6) is 5.75 Å². The van der Waals surface area contributed by atoms with Gasteiger partial charge in [0.15, 0.2) is 6.04 Å². The molecule has 0 spiro atoms. The first-order valence-corrected chi connectivity index (χ1v) is 18.5. The zero-order chi connectivity index (χ0) is 39.5. The van der Waals surface area contributed by atoms with E-state index in [9.17, 15) is 9.18 Å². The van der Waals surface area contributed by atoms with Crippen molar-refractivity contribution in [2.75, 3.05) is 49.2 Å². The van der Waals surface area contributed by atoms with Gasteiger partial charge in [-0.1, -0.05) is 12.7 Å². The van der Waals surface area contributed by atoms with Crippen LogP contribution in [0, 0.1) is 18.2 Å². The van der Waals surface area contributed by atoms with Gasteiger partial charge in [0.1, 0.15) is 78.1 Å². The summed E-state index contributed by atoms with van der Waals surface area (Å²) < 4.78 is 57.1. The van der Waals surface area contributed by atoms with Crippen molar-refractivity contribution in [1.82, 2.24) is 29.1 Å². The average Bonchev–Trinajstić information content (AvgIpc) is 3.96. The van der Waals surface area contributed by atoms with E-state index in [1.165, 1.54) is 57.2 Å². The van der Waals surface area contributed by atoms with Gasteiger partial charge in [-0.3, -0.25) is 0 Å². The van der Waals surface area contributed by atoms with Crippen LogP contribution in [0.4, 0.5) is 20.2 Å². The van der Waals surface area contributed by atoms with Crippen molar-refractivity contribution in [3.05, 3.63) is 144 Å². The smallest absolute Gasteiger partial charge is 0.438 e. The lowest BCUT2D eigenvalue weighted by Gasteiger charge is -2.37. The van der Waals surface area contributed by atoms with Crippen molar-refractivity contribution >= 4 is 34.4 Å². The van der Waals surface area contributed by atoms with Gasteiger partial charge in [0.25, 0.3) is 6.57 Å². The van der Waals surface area contributed by atoms with Crippen LogP contribution in [0.3, 0.4) is 0 Å². The first-order valence-electron chi connectivity index (χ1n) is 17.6. The van der Waals surface area contributed by atoms with E-state index in [2.05, 4.69) is 43.0 Å². The first-order chi connectivity index (χ1) is 27.0. The van der Waals surface area contributed by atoms with Crippen LogP contribution in [0.25, 0.3) is 10.5 Å². The van der Waals surface area contributed by atoms with Crippen molar-refractivity contribution in [1.29, 1.82) is 0 Å². The topological polar surface area (TPSA) is 118 Å². The van der Waals surface area contributed by atoms with Gasteiger partial charge in [-0.25, -0.2) is 30.9 Å². The Morgan fingerprint density at radius 2 is 1.66 bits per heavy atom. The Morgan fingerprint density at radius 1 is 1.00 bits per heavy atom. The van der Waals surface area contributed by atoms with Crippen molar-refractivity contribution in [3.8, 4) is 18.0 Å². The number of anilines is 2. The van der Waals surface area contributed by atoms with Gasteiger partial charge in [-0.2, -0.15) is 14.9 Å². The van der Waals surface area contributed by atoms with Gasteiger partial charge in [-0.05, 0) is 72.4 Å². The third-order valence-electron chi connectivity index (χ3n) is 9.94. The molecule has 56 heavy (non-hydrogen) atoms. The molecule has 290 valence electrons. The molecule has 4 heterocycles. The minimum Gasteiger partial charge on any atom is -0.490 e. The summed E-state index contributed by atoms with van der Waals surface area (Å²) in [5.41, 5.74) is 0.0115. The summed E-state index contributed by atoms with van der Waals surface area (Å²) >= 11 is 1.66. The van der Waals surface area contributed by atoms with Crippen LogP contribution in [0.1, 0.15) is 18.5 Å². The molecular formula is C39H39F2IN9O5+. The van der Waals surface area contributed by atoms with Gasteiger partial charge in [0.2, 0.25) is 5.79 Å². The molecule has 0 radical (unpaired) electrons. The Balaban J connectivity index is 0.946. The predicted molar refractivity (Wildman–Crippen MR) is 213 cm³/mol. The quantitative estimate of drug-likeness (QED) is 0.0986. The van der Waals surface area contributed by atoms with E-state index in [1.54, 1.807) is 23.0 Å². The molecule has 0 bridgehead atoms. The Hall–Kier alpha value is -5.42. The fourth-order valence-corrected chi connectivity index (χ4v) is 7.48. The number of halogens is 3. The summed E-state index contributed by atoms with van der Waals surface area (Å²) in [7, 11) is 0. The number of aromatic nitrogens is 6. The van der Waals surface area contributed by atoms with E-state index in [1.807, 2.05) is 55.5 Å². The standard InChI is InChI=1S/C39H39F2IN9O5/c1-5-35(38(6-2,43-4)56-42)51-36(52)50(27-46-51)31-10-8-29(9-11-31)47-17-19-48(20-18-47)30-12-14-32(15-13-30)53-23-37(3)24-54-39(55-37,22-49-26-44-25-45-49)33-16-7-28(40)21-34(33)41/h4-16,21,25-27,35H,1-2,17-20,22-24H2,3H3/q+1/t35-,37?,38-,39+/m0/s1. The molecule has 0 aliphatic carbocycles. The molecule has 3 aromatic carbocycles. The predicted octanol–water partition coefficient (Wildman–Crippen LogP) is 5.91. The Bertz CT molecular complexity index is 2270. The van der Waals surface area contributed by atoms with Gasteiger partial charge in [0.05, 0.1) is 12.3 Å². The normalized spacial score (nSPS) is 21.3. The molecule has 0 saturated carbocycles. The Morgan fingerprint density at radius 3 is 2.23 bits per heavy atom. The van der Waals surface area contributed by atoms with Crippen molar-refractivity contribution in [3.63, 3.8) is 0 Å². The van der Waals surface area contributed by atoms with Crippen LogP contribution < -0.4 is 20.2 Å². The highest BCUT2D eigenvalue weighted by atomic mass is 127. The molecule has 17 heteroatoms. The first kappa shape index (κ1) is 38.8. The van der Waals surface area contributed by atoms with Crippen LogP contribution in [-0.4, -0.2) is 79.8 Å². The fraction of sp³-hybridized carbons (Fsp3) is 0.308. The number of hydrogen-bond donors (Lipinski definition) is 0. The van der Waals surface area contributed by atoms with Crippen LogP contribution >= 0.6 is 23.0 Å². The van der Waals surface area contributed by atoms with Crippen LogP contribution in [-0.2, 0) is 24.9 Å². The molecule has 5 aromatic rings. The SMILES string of the molecule is C#[N+][C@@](C=C)(OI)[C@H](C=C)n1ncn(-c2ccc(N3CCN(c4ccc(OCC5(C)CO[C@@](Cn6cncn6)(c6ccc(F)cc6F)O5)cc4)CC3)cc2)c1=O. The molecule has 0 amide bonds. The van der Waals surface area contributed by atoms with Crippen molar-refractivity contribution in [2.45, 2.75) is 36.6 Å². The molecule has 1 unspecified atom stereocenters. The molecule has 7 rings (SSSR count). The van der Waals surface area contributed by atoms with Gasteiger partial charge >= 0.3 is 11.4 Å². The number of piperazine rings is 1. The monoisotopic (exact) mass is 878 g/mol. The number of rotatable bonds is 14. The van der Waals surface area contributed by atoms with Gasteiger partial charge in [-0.15, -0.1) is 6.58 Å². The summed E-state index contributed by atoms with van der Waals surface area (Å²) in [5, 5.41) is 8.41. The summed E-state index contributed by atoms with van der Waals surface area (Å²) in [6.45, 7) is 18.4. The number of benzene rings is 3. The molecule has 0 N–H and O–H groups in total. The molecule has 2 aromatic heterocycles. The van der Waals surface area contributed by atoms with E-state index in [0.717, 1.165) is 43.6 Å². The fourth-order valence-electron chi connectivity index (χ4n) is 6.93. The highest BCUT2D eigenvalue weighted by Gasteiger charge is 2.52. The second-order valence-electron chi connectivity index (χ2n) is 13.7. The summed E-state index contributed by atoms with van der Waals surface area (Å²) in [5.74, 6) is -2.42. The van der Waals surface area contributed by atoms with Gasteiger partial charge in [0, 0.05) is 55.3 Å². The van der Waals surface area contributed by atoms with E-state index >= 15 is 4.39 Å². The second-order valence-corrected chi connectivity index (χ2v) is 14.1. The third kappa shape index (κ3) is 7.56.